The van der Waals surface area contributed by atoms with Crippen LogP contribution in [-0.2, 0) is 35.2 Å². The third-order valence-corrected chi connectivity index (χ3v) is 6.05. The predicted octanol–water partition coefficient (Wildman–Crippen LogP) is 7.87. The number of rotatable bonds is 14. The van der Waals surface area contributed by atoms with E-state index in [9.17, 15) is 4.79 Å². The first-order valence-electron chi connectivity index (χ1n) is 12.6. The van der Waals surface area contributed by atoms with Crippen LogP contribution in [0, 0.1) is 0 Å². The molecule has 0 saturated carbocycles. The van der Waals surface area contributed by atoms with Crippen molar-refractivity contribution in [1.82, 2.24) is 0 Å². The second kappa shape index (κ2) is 14.7. The van der Waals surface area contributed by atoms with Crippen LogP contribution in [-0.4, -0.2) is 18.4 Å². The molecule has 0 aliphatic rings. The third-order valence-electron chi connectivity index (χ3n) is 6.05. The van der Waals surface area contributed by atoms with Crippen molar-refractivity contribution >= 4 is 6.16 Å². The molecule has 3 nitrogen and oxygen atoms in total. The van der Waals surface area contributed by atoms with Crippen LogP contribution in [0.3, 0.4) is 0 Å². The van der Waals surface area contributed by atoms with Crippen molar-refractivity contribution in [2.45, 2.75) is 104 Å². The van der Waals surface area contributed by atoms with Crippen molar-refractivity contribution in [3.63, 3.8) is 0 Å². The SMILES string of the molecule is CCCCc1ccc(CC(CC)OC(=O)OC(CC)Cc2ccc(CCCC)cc2)cc1. The van der Waals surface area contributed by atoms with E-state index in [-0.39, 0.29) is 12.2 Å². The van der Waals surface area contributed by atoms with Crippen molar-refractivity contribution in [2.75, 3.05) is 0 Å². The minimum absolute atomic E-state index is 0.167. The topological polar surface area (TPSA) is 35.5 Å². The number of aryl methyl sites for hydroxylation is 2. The van der Waals surface area contributed by atoms with Crippen LogP contribution in [0.25, 0.3) is 0 Å². The first-order valence-corrected chi connectivity index (χ1v) is 12.6. The van der Waals surface area contributed by atoms with Crippen LogP contribution in [0.1, 0.15) is 88.5 Å². The van der Waals surface area contributed by atoms with Crippen LogP contribution >= 0.6 is 0 Å². The van der Waals surface area contributed by atoms with Crippen molar-refractivity contribution in [3.8, 4) is 0 Å². The summed E-state index contributed by atoms with van der Waals surface area (Å²) in [6, 6.07) is 17.4. The summed E-state index contributed by atoms with van der Waals surface area (Å²) in [6.07, 6.45) is 9.17. The van der Waals surface area contributed by atoms with Crippen LogP contribution in [0.15, 0.2) is 48.5 Å². The lowest BCUT2D eigenvalue weighted by Gasteiger charge is -2.20. The summed E-state index contributed by atoms with van der Waals surface area (Å²) in [6.45, 7) is 8.52. The first kappa shape index (κ1) is 26.0. The normalized spacial score (nSPS) is 12.9. The molecule has 32 heavy (non-hydrogen) atoms. The monoisotopic (exact) mass is 438 g/mol. The Balaban J connectivity index is 1.83. The van der Waals surface area contributed by atoms with E-state index in [0.717, 1.165) is 38.5 Å². The maximum absolute atomic E-state index is 12.5. The van der Waals surface area contributed by atoms with E-state index in [1.807, 2.05) is 13.8 Å². The highest BCUT2D eigenvalue weighted by Crippen LogP contribution is 2.16. The molecule has 2 rings (SSSR count). The van der Waals surface area contributed by atoms with Gasteiger partial charge in [-0.25, -0.2) is 4.79 Å². The minimum Gasteiger partial charge on any atom is -0.431 e. The largest absolute Gasteiger partial charge is 0.508 e. The van der Waals surface area contributed by atoms with Crippen LogP contribution in [0.4, 0.5) is 4.79 Å². The van der Waals surface area contributed by atoms with Gasteiger partial charge < -0.3 is 9.47 Å². The van der Waals surface area contributed by atoms with Crippen molar-refractivity contribution in [1.29, 1.82) is 0 Å². The summed E-state index contributed by atoms with van der Waals surface area (Å²) in [5, 5.41) is 0. The highest BCUT2D eigenvalue weighted by atomic mass is 16.7. The van der Waals surface area contributed by atoms with Gasteiger partial charge in [-0.15, -0.1) is 0 Å². The molecule has 0 saturated heterocycles. The van der Waals surface area contributed by atoms with E-state index in [1.165, 1.54) is 47.9 Å². The lowest BCUT2D eigenvalue weighted by Crippen LogP contribution is -2.25. The van der Waals surface area contributed by atoms with Crippen molar-refractivity contribution < 1.29 is 14.3 Å². The molecule has 0 bridgehead atoms. The minimum atomic E-state index is -0.553. The summed E-state index contributed by atoms with van der Waals surface area (Å²) in [5.74, 6) is 0. The molecule has 176 valence electrons. The van der Waals surface area contributed by atoms with E-state index >= 15 is 0 Å². The Morgan fingerprint density at radius 3 is 1.28 bits per heavy atom. The second-order valence-electron chi connectivity index (χ2n) is 8.79. The third kappa shape index (κ3) is 9.46. The quantitative estimate of drug-likeness (QED) is 0.282. The molecule has 0 fully saturated rings. The maximum atomic E-state index is 12.5. The molecule has 2 unspecified atom stereocenters. The Bertz CT molecular complexity index is 698. The van der Waals surface area contributed by atoms with Gasteiger partial charge in [0.15, 0.2) is 0 Å². The van der Waals surface area contributed by atoms with Gasteiger partial charge in [-0.2, -0.15) is 0 Å². The number of benzene rings is 2. The molecule has 3 heteroatoms. The van der Waals surface area contributed by atoms with E-state index in [4.69, 9.17) is 9.47 Å². The molecule has 2 atom stereocenters. The zero-order chi connectivity index (χ0) is 23.2. The number of carbonyl (C=O) groups excluding carboxylic acids is 1. The molecule has 0 aromatic heterocycles. The molecular weight excluding hydrogens is 396 g/mol. The molecular formula is C29H42O3. The number of hydrogen-bond donors (Lipinski definition) is 0. The summed E-state index contributed by atoms with van der Waals surface area (Å²) in [5.41, 5.74) is 5.13. The summed E-state index contributed by atoms with van der Waals surface area (Å²) in [7, 11) is 0. The molecule has 0 amide bonds. The van der Waals surface area contributed by atoms with Gasteiger partial charge in [0.05, 0.1) is 0 Å². The molecule has 0 radical (unpaired) electrons. The van der Waals surface area contributed by atoms with Gasteiger partial charge in [0.1, 0.15) is 12.2 Å². The van der Waals surface area contributed by atoms with Gasteiger partial charge >= 0.3 is 6.16 Å². The van der Waals surface area contributed by atoms with Gasteiger partial charge in [0, 0.05) is 12.8 Å². The Hall–Kier alpha value is -2.29. The van der Waals surface area contributed by atoms with E-state index < -0.39 is 6.16 Å². The maximum Gasteiger partial charge on any atom is 0.508 e. The Labute approximate surface area is 195 Å². The average Bonchev–Trinajstić information content (AvgIpc) is 2.82. The molecule has 2 aromatic carbocycles. The molecule has 0 aliphatic carbocycles. The fourth-order valence-electron chi connectivity index (χ4n) is 3.81. The van der Waals surface area contributed by atoms with Gasteiger partial charge in [-0.3, -0.25) is 0 Å². The van der Waals surface area contributed by atoms with Gasteiger partial charge in [0.25, 0.3) is 0 Å². The summed E-state index contributed by atoms with van der Waals surface area (Å²) in [4.78, 5) is 12.5. The summed E-state index contributed by atoms with van der Waals surface area (Å²) < 4.78 is 11.3. The average molecular weight is 439 g/mol. The highest BCUT2D eigenvalue weighted by molar-refractivity contribution is 5.60. The Morgan fingerprint density at radius 2 is 0.969 bits per heavy atom. The number of ether oxygens (including phenoxy) is 2. The Kier molecular flexibility index (Phi) is 11.9. The van der Waals surface area contributed by atoms with Crippen LogP contribution < -0.4 is 0 Å². The van der Waals surface area contributed by atoms with E-state index in [0.29, 0.717) is 0 Å². The van der Waals surface area contributed by atoms with Gasteiger partial charge in [-0.1, -0.05) is 89.1 Å². The lowest BCUT2D eigenvalue weighted by atomic mass is 10.0. The highest BCUT2D eigenvalue weighted by Gasteiger charge is 2.19. The number of carbonyl (C=O) groups is 1. The predicted molar refractivity (Wildman–Crippen MR) is 133 cm³/mol. The van der Waals surface area contributed by atoms with E-state index in [1.54, 1.807) is 0 Å². The van der Waals surface area contributed by atoms with Crippen LogP contribution in [0.2, 0.25) is 0 Å². The summed E-state index contributed by atoms with van der Waals surface area (Å²) >= 11 is 0. The molecule has 0 N–H and O–H groups in total. The van der Waals surface area contributed by atoms with Crippen molar-refractivity contribution in [2.24, 2.45) is 0 Å². The van der Waals surface area contributed by atoms with Gasteiger partial charge in [0.2, 0.25) is 0 Å². The standard InChI is InChI=1S/C29H42O3/c1-5-9-11-23-13-17-25(18-14-23)21-27(7-3)31-29(30)32-28(8-4)22-26-19-15-24(16-20-26)12-10-6-2/h13-20,27-28H,5-12,21-22H2,1-4H3. The molecule has 0 aliphatic heterocycles. The molecule has 0 spiro atoms. The number of unbranched alkanes of at least 4 members (excludes halogenated alkanes) is 2. The second-order valence-corrected chi connectivity index (χ2v) is 8.79. The van der Waals surface area contributed by atoms with E-state index in [2.05, 4.69) is 62.4 Å². The fourth-order valence-corrected chi connectivity index (χ4v) is 3.81. The lowest BCUT2D eigenvalue weighted by molar-refractivity contribution is -0.00318. The molecule has 2 aromatic rings. The zero-order valence-corrected chi connectivity index (χ0v) is 20.6. The van der Waals surface area contributed by atoms with Crippen LogP contribution in [0.5, 0.6) is 0 Å². The molecule has 0 heterocycles. The number of hydrogen-bond acceptors (Lipinski definition) is 3. The Morgan fingerprint density at radius 1 is 0.625 bits per heavy atom. The van der Waals surface area contributed by atoms with Crippen molar-refractivity contribution in [3.05, 3.63) is 70.8 Å². The van der Waals surface area contributed by atoms with Gasteiger partial charge in [-0.05, 0) is 60.8 Å². The zero-order valence-electron chi connectivity index (χ0n) is 20.6. The first-order chi connectivity index (χ1) is 15.6. The smallest absolute Gasteiger partial charge is 0.431 e. The fraction of sp³-hybridized carbons (Fsp3) is 0.552.